The van der Waals surface area contributed by atoms with Gasteiger partial charge in [-0.15, -0.1) is 0 Å². The summed E-state index contributed by atoms with van der Waals surface area (Å²) in [7, 11) is -7.84. The lowest BCUT2D eigenvalue weighted by molar-refractivity contribution is 0.589. The number of rotatable bonds is 4. The standard InChI is InChI=1S/C24H14Br2O5S2/c25-15-5-1-7-17(13-15)32(27,28)21-11-3-9-19-20-10-4-12-22(24(20)31-23(19)21)33(29,30)18-8-2-6-16(26)14-18/h1-14H. The fourth-order valence-corrected chi connectivity index (χ4v) is 7.71. The first-order chi connectivity index (χ1) is 15.7. The summed E-state index contributed by atoms with van der Waals surface area (Å²) in [5.74, 6) is 0. The number of hydrogen-bond donors (Lipinski definition) is 0. The molecule has 33 heavy (non-hydrogen) atoms. The highest BCUT2D eigenvalue weighted by atomic mass is 79.9. The molecule has 5 nitrogen and oxygen atoms in total. The van der Waals surface area contributed by atoms with Crippen LogP contribution in [0.5, 0.6) is 0 Å². The van der Waals surface area contributed by atoms with Crippen LogP contribution in [0, 0.1) is 0 Å². The molecule has 0 aliphatic heterocycles. The predicted octanol–water partition coefficient (Wildman–Crippen LogP) is 6.78. The molecular weight excluding hydrogens is 592 g/mol. The van der Waals surface area contributed by atoms with Crippen LogP contribution in [0.4, 0.5) is 0 Å². The van der Waals surface area contributed by atoms with E-state index in [-0.39, 0.29) is 30.7 Å². The van der Waals surface area contributed by atoms with Crippen LogP contribution < -0.4 is 0 Å². The van der Waals surface area contributed by atoms with E-state index < -0.39 is 19.7 Å². The molecule has 9 heteroatoms. The van der Waals surface area contributed by atoms with Gasteiger partial charge in [-0.2, -0.15) is 0 Å². The van der Waals surface area contributed by atoms with Gasteiger partial charge < -0.3 is 4.42 Å². The predicted molar refractivity (Wildman–Crippen MR) is 133 cm³/mol. The Kier molecular flexibility index (Phi) is 5.48. The number of sulfone groups is 2. The Morgan fingerprint density at radius 1 is 0.545 bits per heavy atom. The number of furan rings is 1. The molecule has 0 aliphatic rings. The van der Waals surface area contributed by atoms with Gasteiger partial charge in [0.2, 0.25) is 19.7 Å². The third-order valence-corrected chi connectivity index (χ3v) is 9.78. The Balaban J connectivity index is 1.80. The summed E-state index contributed by atoms with van der Waals surface area (Å²) < 4.78 is 60.9. The Morgan fingerprint density at radius 3 is 1.33 bits per heavy atom. The third kappa shape index (κ3) is 3.73. The second kappa shape index (κ2) is 8.09. The van der Waals surface area contributed by atoms with Gasteiger partial charge in [-0.05, 0) is 48.5 Å². The van der Waals surface area contributed by atoms with Crippen molar-refractivity contribution in [1.82, 2.24) is 0 Å². The van der Waals surface area contributed by atoms with Gasteiger partial charge >= 0.3 is 0 Å². The maximum absolute atomic E-state index is 13.4. The lowest BCUT2D eigenvalue weighted by Gasteiger charge is -2.06. The van der Waals surface area contributed by atoms with E-state index in [0.717, 1.165) is 0 Å². The molecular formula is C24H14Br2O5S2. The molecule has 0 atom stereocenters. The van der Waals surface area contributed by atoms with Gasteiger partial charge in [-0.25, -0.2) is 16.8 Å². The van der Waals surface area contributed by atoms with Gasteiger partial charge in [0.15, 0.2) is 11.2 Å². The molecule has 0 N–H and O–H groups in total. The monoisotopic (exact) mass is 604 g/mol. The maximum atomic E-state index is 13.4. The highest BCUT2D eigenvalue weighted by molar-refractivity contribution is 9.10. The lowest BCUT2D eigenvalue weighted by Crippen LogP contribution is -2.02. The van der Waals surface area contributed by atoms with Gasteiger partial charge in [0.1, 0.15) is 9.79 Å². The van der Waals surface area contributed by atoms with Crippen LogP contribution in [0.2, 0.25) is 0 Å². The molecule has 0 unspecified atom stereocenters. The molecule has 4 aromatic carbocycles. The Bertz CT molecular complexity index is 1640. The molecule has 166 valence electrons. The minimum atomic E-state index is -3.92. The van der Waals surface area contributed by atoms with Crippen molar-refractivity contribution >= 4 is 73.5 Å². The molecule has 0 saturated carbocycles. The maximum Gasteiger partial charge on any atom is 0.210 e. The zero-order valence-electron chi connectivity index (χ0n) is 16.7. The Labute approximate surface area is 207 Å². The van der Waals surface area contributed by atoms with E-state index in [1.54, 1.807) is 48.5 Å². The van der Waals surface area contributed by atoms with Crippen LogP contribution >= 0.6 is 31.9 Å². The van der Waals surface area contributed by atoms with Crippen LogP contribution in [-0.2, 0) is 19.7 Å². The number of benzene rings is 4. The average molecular weight is 606 g/mol. The van der Waals surface area contributed by atoms with E-state index in [9.17, 15) is 16.8 Å². The summed E-state index contributed by atoms with van der Waals surface area (Å²) in [5, 5.41) is 1.04. The summed E-state index contributed by atoms with van der Waals surface area (Å²) >= 11 is 6.61. The zero-order chi connectivity index (χ0) is 23.4. The zero-order valence-corrected chi connectivity index (χ0v) is 21.5. The molecule has 0 radical (unpaired) electrons. The lowest BCUT2D eigenvalue weighted by atomic mass is 10.1. The first-order valence-corrected chi connectivity index (χ1v) is 14.2. The van der Waals surface area contributed by atoms with Crippen molar-refractivity contribution < 1.29 is 21.3 Å². The molecule has 0 saturated heterocycles. The molecule has 0 spiro atoms. The van der Waals surface area contributed by atoms with Gasteiger partial charge in [0, 0.05) is 19.7 Å². The summed E-state index contributed by atoms with van der Waals surface area (Å²) in [6, 6.07) is 22.4. The van der Waals surface area contributed by atoms with E-state index in [1.807, 2.05) is 0 Å². The largest absolute Gasteiger partial charge is 0.453 e. The fraction of sp³-hybridized carbons (Fsp3) is 0. The molecule has 0 bridgehead atoms. The molecule has 5 rings (SSSR count). The normalized spacial score (nSPS) is 12.4. The van der Waals surface area contributed by atoms with Crippen LogP contribution in [0.15, 0.2) is 118 Å². The van der Waals surface area contributed by atoms with Gasteiger partial charge in [0.25, 0.3) is 0 Å². The number of hydrogen-bond acceptors (Lipinski definition) is 5. The van der Waals surface area contributed by atoms with Crippen molar-refractivity contribution in [2.24, 2.45) is 0 Å². The van der Waals surface area contributed by atoms with Crippen LogP contribution in [-0.4, -0.2) is 16.8 Å². The fourth-order valence-electron chi connectivity index (χ4n) is 3.71. The molecule has 0 amide bonds. The first kappa shape index (κ1) is 22.3. The van der Waals surface area contributed by atoms with E-state index in [0.29, 0.717) is 19.7 Å². The summed E-state index contributed by atoms with van der Waals surface area (Å²) in [6.07, 6.45) is 0. The Hall–Kier alpha value is -2.46. The van der Waals surface area contributed by atoms with Crippen molar-refractivity contribution in [3.05, 3.63) is 93.9 Å². The molecule has 0 aliphatic carbocycles. The van der Waals surface area contributed by atoms with Crippen molar-refractivity contribution in [3.63, 3.8) is 0 Å². The smallest absolute Gasteiger partial charge is 0.210 e. The minimum absolute atomic E-state index is 0.0277. The molecule has 1 aromatic heterocycles. The second-order valence-corrected chi connectivity index (χ2v) is 13.0. The van der Waals surface area contributed by atoms with Gasteiger partial charge in [-0.1, -0.05) is 68.3 Å². The number of halogens is 2. The van der Waals surface area contributed by atoms with Crippen molar-refractivity contribution in [2.75, 3.05) is 0 Å². The molecule has 0 fully saturated rings. The van der Waals surface area contributed by atoms with Crippen molar-refractivity contribution in [1.29, 1.82) is 0 Å². The highest BCUT2D eigenvalue weighted by Crippen LogP contribution is 2.39. The van der Waals surface area contributed by atoms with Gasteiger partial charge in [0.05, 0.1) is 9.79 Å². The summed E-state index contributed by atoms with van der Waals surface area (Å²) in [5.41, 5.74) is 0.230. The van der Waals surface area contributed by atoms with Crippen molar-refractivity contribution in [3.8, 4) is 0 Å². The molecule has 1 heterocycles. The van der Waals surface area contributed by atoms with Crippen LogP contribution in [0.25, 0.3) is 21.9 Å². The topological polar surface area (TPSA) is 81.4 Å². The van der Waals surface area contributed by atoms with Crippen LogP contribution in [0.3, 0.4) is 0 Å². The van der Waals surface area contributed by atoms with E-state index in [2.05, 4.69) is 31.9 Å². The van der Waals surface area contributed by atoms with Crippen molar-refractivity contribution in [2.45, 2.75) is 19.6 Å². The quantitative estimate of drug-likeness (QED) is 0.226. The number of para-hydroxylation sites is 2. The van der Waals surface area contributed by atoms with E-state index in [4.69, 9.17) is 4.42 Å². The SMILES string of the molecule is O=S(=O)(c1cccc(Br)c1)c1cccc2c1oc1c(S(=O)(=O)c3cccc(Br)c3)cccc12. The second-order valence-electron chi connectivity index (χ2n) is 7.29. The Morgan fingerprint density at radius 2 is 0.939 bits per heavy atom. The third-order valence-electron chi connectivity index (χ3n) is 5.24. The van der Waals surface area contributed by atoms with E-state index >= 15 is 0 Å². The summed E-state index contributed by atoms with van der Waals surface area (Å²) in [4.78, 5) is 0.152. The highest BCUT2D eigenvalue weighted by Gasteiger charge is 2.27. The van der Waals surface area contributed by atoms with Crippen LogP contribution in [0.1, 0.15) is 0 Å². The first-order valence-electron chi connectivity index (χ1n) is 9.65. The minimum Gasteiger partial charge on any atom is -0.453 e. The molecule has 5 aromatic rings. The number of fused-ring (bicyclic) bond motifs is 3. The summed E-state index contributed by atoms with van der Waals surface area (Å²) in [6.45, 7) is 0. The average Bonchev–Trinajstić information content (AvgIpc) is 3.17. The van der Waals surface area contributed by atoms with Gasteiger partial charge in [-0.3, -0.25) is 0 Å². The van der Waals surface area contributed by atoms with E-state index in [1.165, 1.54) is 36.4 Å².